The second kappa shape index (κ2) is 5.58. The van der Waals surface area contributed by atoms with Gasteiger partial charge in [0, 0.05) is 25.2 Å². The van der Waals surface area contributed by atoms with E-state index >= 15 is 0 Å². The zero-order valence-corrected chi connectivity index (χ0v) is 11.6. The van der Waals surface area contributed by atoms with Crippen LogP contribution in [-0.4, -0.2) is 35.5 Å². The van der Waals surface area contributed by atoms with Gasteiger partial charge < -0.3 is 10.0 Å². The summed E-state index contributed by atoms with van der Waals surface area (Å²) < 4.78 is 0. The van der Waals surface area contributed by atoms with E-state index in [0.717, 1.165) is 12.8 Å². The average Bonchev–Trinajstić information content (AvgIpc) is 2.35. The van der Waals surface area contributed by atoms with Crippen LogP contribution in [0.25, 0.3) is 0 Å². The molecule has 0 saturated heterocycles. The number of benzene rings is 1. The summed E-state index contributed by atoms with van der Waals surface area (Å²) >= 11 is 0. The van der Waals surface area contributed by atoms with Gasteiger partial charge in [-0.3, -0.25) is 14.9 Å². The standard InChI is InChI=1S/C14H18N2O4/c1-9(17)11-3-4-13(14(7-11)16(19)20)15(2)8-10-5-12(18)6-10/h3-4,7,10,12,18H,5-6,8H2,1-2H3. The number of aliphatic hydroxyl groups is 1. The van der Waals surface area contributed by atoms with Crippen molar-refractivity contribution in [2.24, 2.45) is 5.92 Å². The quantitative estimate of drug-likeness (QED) is 0.506. The molecule has 1 aliphatic carbocycles. The number of nitro groups is 1. The van der Waals surface area contributed by atoms with Crippen LogP contribution >= 0.6 is 0 Å². The lowest BCUT2D eigenvalue weighted by atomic mass is 9.82. The summed E-state index contributed by atoms with van der Waals surface area (Å²) in [5.74, 6) is 0.173. The molecule has 0 spiro atoms. The van der Waals surface area contributed by atoms with Crippen molar-refractivity contribution >= 4 is 17.2 Å². The van der Waals surface area contributed by atoms with E-state index < -0.39 is 4.92 Å². The van der Waals surface area contributed by atoms with Gasteiger partial charge in [-0.15, -0.1) is 0 Å². The van der Waals surface area contributed by atoms with Gasteiger partial charge in [0.25, 0.3) is 5.69 Å². The predicted molar refractivity (Wildman–Crippen MR) is 75.1 cm³/mol. The summed E-state index contributed by atoms with van der Waals surface area (Å²) in [5.41, 5.74) is 0.786. The Hall–Kier alpha value is -1.95. The Bertz CT molecular complexity index is 538. The van der Waals surface area contributed by atoms with E-state index in [4.69, 9.17) is 0 Å². The van der Waals surface area contributed by atoms with Crippen molar-refractivity contribution in [1.29, 1.82) is 0 Å². The largest absolute Gasteiger partial charge is 0.393 e. The van der Waals surface area contributed by atoms with Crippen LogP contribution in [0, 0.1) is 16.0 Å². The van der Waals surface area contributed by atoms with E-state index in [2.05, 4.69) is 0 Å². The minimum atomic E-state index is -0.464. The summed E-state index contributed by atoms with van der Waals surface area (Å²) in [6, 6.07) is 4.55. The van der Waals surface area contributed by atoms with Crippen LogP contribution in [-0.2, 0) is 0 Å². The zero-order valence-electron chi connectivity index (χ0n) is 11.6. The molecule has 20 heavy (non-hydrogen) atoms. The van der Waals surface area contributed by atoms with Crippen LogP contribution in [0.4, 0.5) is 11.4 Å². The number of hydrogen-bond donors (Lipinski definition) is 1. The molecule has 1 N–H and O–H groups in total. The second-order valence-corrected chi connectivity index (χ2v) is 5.39. The molecule has 108 valence electrons. The molecule has 0 unspecified atom stereocenters. The second-order valence-electron chi connectivity index (χ2n) is 5.39. The summed E-state index contributed by atoms with van der Waals surface area (Å²) in [6.07, 6.45) is 1.25. The highest BCUT2D eigenvalue weighted by Crippen LogP contribution is 2.33. The molecule has 2 rings (SSSR count). The minimum absolute atomic E-state index is 0.0555. The fourth-order valence-electron chi connectivity index (χ4n) is 2.55. The fraction of sp³-hybridized carbons (Fsp3) is 0.500. The molecule has 0 bridgehead atoms. The van der Waals surface area contributed by atoms with E-state index in [-0.39, 0.29) is 17.6 Å². The molecular weight excluding hydrogens is 260 g/mol. The zero-order chi connectivity index (χ0) is 14.9. The van der Waals surface area contributed by atoms with Gasteiger partial charge in [-0.05, 0) is 37.8 Å². The Balaban J connectivity index is 2.21. The Morgan fingerprint density at radius 2 is 2.15 bits per heavy atom. The maximum Gasteiger partial charge on any atom is 0.293 e. The fourth-order valence-corrected chi connectivity index (χ4v) is 2.55. The number of aliphatic hydroxyl groups excluding tert-OH is 1. The van der Waals surface area contributed by atoms with E-state index in [0.29, 0.717) is 23.7 Å². The Morgan fingerprint density at radius 1 is 1.50 bits per heavy atom. The highest BCUT2D eigenvalue weighted by atomic mass is 16.6. The van der Waals surface area contributed by atoms with Gasteiger partial charge in [-0.1, -0.05) is 0 Å². The number of anilines is 1. The topological polar surface area (TPSA) is 83.7 Å². The molecular formula is C14H18N2O4. The van der Waals surface area contributed by atoms with Gasteiger partial charge in [0.1, 0.15) is 5.69 Å². The van der Waals surface area contributed by atoms with Gasteiger partial charge in [-0.2, -0.15) is 0 Å². The monoisotopic (exact) mass is 278 g/mol. The van der Waals surface area contributed by atoms with Crippen LogP contribution in [0.5, 0.6) is 0 Å². The normalized spacial score (nSPS) is 21.1. The van der Waals surface area contributed by atoms with E-state index in [1.165, 1.54) is 13.0 Å². The van der Waals surface area contributed by atoms with Crippen molar-refractivity contribution in [2.45, 2.75) is 25.9 Å². The first kappa shape index (κ1) is 14.5. The van der Waals surface area contributed by atoms with Gasteiger partial charge in [0.05, 0.1) is 11.0 Å². The smallest absolute Gasteiger partial charge is 0.293 e. The summed E-state index contributed by atoms with van der Waals surface area (Å²) in [6.45, 7) is 2.05. The molecule has 1 aromatic carbocycles. The van der Waals surface area contributed by atoms with Crippen molar-refractivity contribution in [1.82, 2.24) is 0 Å². The Labute approximate surface area is 117 Å². The molecule has 0 heterocycles. The molecule has 0 aliphatic heterocycles. The van der Waals surface area contributed by atoms with Crippen LogP contribution in [0.15, 0.2) is 18.2 Å². The van der Waals surface area contributed by atoms with Gasteiger partial charge in [-0.25, -0.2) is 0 Å². The van der Waals surface area contributed by atoms with Crippen molar-refractivity contribution in [2.75, 3.05) is 18.5 Å². The predicted octanol–water partition coefficient (Wildman–Crippen LogP) is 2.00. The number of ketones is 1. The molecule has 0 amide bonds. The maximum atomic E-state index is 11.3. The molecule has 0 radical (unpaired) electrons. The summed E-state index contributed by atoms with van der Waals surface area (Å²) in [5, 5.41) is 20.4. The molecule has 6 nitrogen and oxygen atoms in total. The van der Waals surface area contributed by atoms with Crippen LogP contribution in [0.3, 0.4) is 0 Å². The number of nitrogens with zero attached hydrogens (tertiary/aromatic N) is 2. The molecule has 0 atom stereocenters. The number of hydrogen-bond acceptors (Lipinski definition) is 5. The van der Waals surface area contributed by atoms with Crippen LogP contribution in [0.2, 0.25) is 0 Å². The number of carbonyl (C=O) groups is 1. The van der Waals surface area contributed by atoms with Gasteiger partial charge in [0.15, 0.2) is 5.78 Å². The van der Waals surface area contributed by atoms with Crippen LogP contribution < -0.4 is 4.90 Å². The van der Waals surface area contributed by atoms with Gasteiger partial charge in [0.2, 0.25) is 0 Å². The molecule has 1 aliphatic rings. The third-order valence-corrected chi connectivity index (χ3v) is 3.73. The summed E-state index contributed by atoms with van der Waals surface area (Å²) in [4.78, 5) is 23.8. The lowest BCUT2D eigenvalue weighted by Gasteiger charge is -2.35. The Morgan fingerprint density at radius 3 is 2.65 bits per heavy atom. The van der Waals surface area contributed by atoms with Crippen molar-refractivity contribution in [3.8, 4) is 0 Å². The van der Waals surface area contributed by atoms with Gasteiger partial charge >= 0.3 is 0 Å². The van der Waals surface area contributed by atoms with Crippen molar-refractivity contribution < 1.29 is 14.8 Å². The molecule has 1 aromatic rings. The Kier molecular flexibility index (Phi) is 4.04. The lowest BCUT2D eigenvalue weighted by molar-refractivity contribution is -0.384. The summed E-state index contributed by atoms with van der Waals surface area (Å²) in [7, 11) is 1.79. The van der Waals surface area contributed by atoms with Crippen molar-refractivity contribution in [3.63, 3.8) is 0 Å². The highest BCUT2D eigenvalue weighted by molar-refractivity contribution is 5.95. The number of Topliss-reactive ketones (excluding diaryl/α,β-unsaturated/α-hetero) is 1. The third kappa shape index (κ3) is 2.96. The first-order valence-corrected chi connectivity index (χ1v) is 6.57. The SMILES string of the molecule is CC(=O)c1ccc(N(C)CC2CC(O)C2)c([N+](=O)[O-])c1. The number of nitro benzene ring substituents is 1. The number of carbonyl (C=O) groups excluding carboxylic acids is 1. The average molecular weight is 278 g/mol. The van der Waals surface area contributed by atoms with E-state index in [1.807, 2.05) is 4.90 Å². The highest BCUT2D eigenvalue weighted by Gasteiger charge is 2.29. The third-order valence-electron chi connectivity index (χ3n) is 3.73. The first-order valence-electron chi connectivity index (χ1n) is 6.57. The number of rotatable bonds is 5. The molecule has 1 fully saturated rings. The first-order chi connectivity index (χ1) is 9.38. The molecule has 1 saturated carbocycles. The van der Waals surface area contributed by atoms with E-state index in [1.54, 1.807) is 19.2 Å². The molecule has 0 aromatic heterocycles. The molecule has 6 heteroatoms. The minimum Gasteiger partial charge on any atom is -0.393 e. The lowest BCUT2D eigenvalue weighted by Crippen LogP contribution is -2.37. The van der Waals surface area contributed by atoms with Crippen LogP contribution in [0.1, 0.15) is 30.1 Å². The van der Waals surface area contributed by atoms with Crippen molar-refractivity contribution in [3.05, 3.63) is 33.9 Å². The van der Waals surface area contributed by atoms with E-state index in [9.17, 15) is 20.0 Å². The maximum absolute atomic E-state index is 11.3.